The lowest BCUT2D eigenvalue weighted by Gasteiger charge is -2.16. The number of nitrogens with two attached hydrogens (primary N) is 1. The van der Waals surface area contributed by atoms with Crippen molar-refractivity contribution in [3.8, 4) is 0 Å². The van der Waals surface area contributed by atoms with Gasteiger partial charge in [0.2, 0.25) is 5.91 Å². The molecule has 0 bridgehead atoms. The largest absolute Gasteiger partial charge is 0.352 e. The second-order valence-electron chi connectivity index (χ2n) is 6.56. The van der Waals surface area contributed by atoms with Gasteiger partial charge in [0.25, 0.3) is 0 Å². The summed E-state index contributed by atoms with van der Waals surface area (Å²) < 4.78 is 0. The Morgan fingerprint density at radius 3 is 2.54 bits per heavy atom. The summed E-state index contributed by atoms with van der Waals surface area (Å²) in [6.07, 6.45) is 0.471. The van der Waals surface area contributed by atoms with Gasteiger partial charge in [0.1, 0.15) is 0 Å². The standard InChI is InChI=1S/C20H24ClN3O.ClH/c21-18-9-5-4-8-16(18)12-23-20(25)10-11-24-13-17(19(22)14-24)15-6-2-1-3-7-15;/h1-9,17,19H,10-14,22H2,(H,23,25);1H/t17-,19+;/m0./s1. The van der Waals surface area contributed by atoms with Crippen LogP contribution in [0.3, 0.4) is 0 Å². The van der Waals surface area contributed by atoms with E-state index in [-0.39, 0.29) is 24.4 Å². The van der Waals surface area contributed by atoms with E-state index in [0.717, 1.165) is 25.2 Å². The number of halogens is 2. The Labute approximate surface area is 166 Å². The number of carbonyl (C=O) groups excluding carboxylic acids is 1. The Balaban J connectivity index is 0.00000243. The summed E-state index contributed by atoms with van der Waals surface area (Å²) in [7, 11) is 0. The molecule has 1 fully saturated rings. The topological polar surface area (TPSA) is 58.4 Å². The summed E-state index contributed by atoms with van der Waals surface area (Å²) in [5, 5.41) is 3.62. The fraction of sp³-hybridized carbons (Fsp3) is 0.350. The third-order valence-electron chi connectivity index (χ3n) is 4.76. The predicted molar refractivity (Wildman–Crippen MR) is 109 cm³/mol. The number of benzene rings is 2. The molecule has 3 rings (SSSR count). The van der Waals surface area contributed by atoms with Crippen molar-refractivity contribution in [1.29, 1.82) is 0 Å². The van der Waals surface area contributed by atoms with Crippen molar-refractivity contribution in [2.75, 3.05) is 19.6 Å². The molecule has 1 heterocycles. The minimum Gasteiger partial charge on any atom is -0.352 e. The molecular formula is C20H25Cl2N3O. The maximum Gasteiger partial charge on any atom is 0.221 e. The fourth-order valence-electron chi connectivity index (χ4n) is 3.33. The summed E-state index contributed by atoms with van der Waals surface area (Å²) in [5.41, 5.74) is 8.52. The van der Waals surface area contributed by atoms with E-state index in [1.54, 1.807) is 0 Å². The van der Waals surface area contributed by atoms with Gasteiger partial charge < -0.3 is 16.0 Å². The molecule has 0 aromatic heterocycles. The highest BCUT2D eigenvalue weighted by Crippen LogP contribution is 2.26. The third kappa shape index (κ3) is 5.45. The number of amides is 1. The molecule has 0 aliphatic carbocycles. The summed E-state index contributed by atoms with van der Waals surface area (Å²) in [6, 6.07) is 18.1. The van der Waals surface area contributed by atoms with Crippen molar-refractivity contribution in [1.82, 2.24) is 10.2 Å². The maximum atomic E-state index is 12.1. The third-order valence-corrected chi connectivity index (χ3v) is 5.13. The zero-order valence-corrected chi connectivity index (χ0v) is 16.2. The Hall–Kier alpha value is -1.59. The monoisotopic (exact) mass is 393 g/mol. The summed E-state index contributed by atoms with van der Waals surface area (Å²) >= 11 is 6.11. The van der Waals surface area contributed by atoms with Gasteiger partial charge in [-0.1, -0.05) is 60.1 Å². The van der Waals surface area contributed by atoms with Crippen LogP contribution in [0, 0.1) is 0 Å². The second-order valence-corrected chi connectivity index (χ2v) is 6.97. The first-order valence-electron chi connectivity index (χ1n) is 8.66. The van der Waals surface area contributed by atoms with Gasteiger partial charge in [0.05, 0.1) is 0 Å². The van der Waals surface area contributed by atoms with E-state index < -0.39 is 0 Å². The van der Waals surface area contributed by atoms with Gasteiger partial charge in [0, 0.05) is 49.6 Å². The molecule has 1 aliphatic rings. The molecule has 1 saturated heterocycles. The smallest absolute Gasteiger partial charge is 0.221 e. The van der Waals surface area contributed by atoms with E-state index in [1.807, 2.05) is 42.5 Å². The molecule has 140 valence electrons. The average molecular weight is 394 g/mol. The van der Waals surface area contributed by atoms with Crippen LogP contribution in [0.25, 0.3) is 0 Å². The zero-order chi connectivity index (χ0) is 17.6. The summed E-state index contributed by atoms with van der Waals surface area (Å²) in [6.45, 7) is 2.93. The van der Waals surface area contributed by atoms with Crippen LogP contribution in [0.15, 0.2) is 54.6 Å². The van der Waals surface area contributed by atoms with Gasteiger partial charge in [-0.25, -0.2) is 0 Å². The first kappa shape index (κ1) is 20.7. The molecule has 0 unspecified atom stereocenters. The highest BCUT2D eigenvalue weighted by Gasteiger charge is 2.30. The lowest BCUT2D eigenvalue weighted by atomic mass is 9.95. The molecule has 0 radical (unpaired) electrons. The van der Waals surface area contributed by atoms with Crippen LogP contribution in [-0.4, -0.2) is 36.5 Å². The van der Waals surface area contributed by atoms with Crippen molar-refractivity contribution in [2.45, 2.75) is 24.9 Å². The van der Waals surface area contributed by atoms with E-state index in [9.17, 15) is 4.79 Å². The van der Waals surface area contributed by atoms with Crippen molar-refractivity contribution < 1.29 is 4.79 Å². The highest BCUT2D eigenvalue weighted by atomic mass is 35.5. The SMILES string of the molecule is Cl.N[C@@H]1CN(CCC(=O)NCc2ccccc2Cl)C[C@H]1c1ccccc1. The maximum absolute atomic E-state index is 12.1. The molecule has 2 atom stereocenters. The molecule has 2 aromatic rings. The Morgan fingerprint density at radius 2 is 1.81 bits per heavy atom. The van der Waals surface area contributed by atoms with Crippen molar-refractivity contribution in [2.24, 2.45) is 5.73 Å². The molecule has 3 N–H and O–H groups in total. The minimum absolute atomic E-state index is 0. The zero-order valence-electron chi connectivity index (χ0n) is 14.6. The molecule has 0 saturated carbocycles. The van der Waals surface area contributed by atoms with E-state index >= 15 is 0 Å². The normalized spacial score (nSPS) is 19.8. The fourth-order valence-corrected chi connectivity index (χ4v) is 3.54. The molecule has 6 heteroatoms. The van der Waals surface area contributed by atoms with Gasteiger partial charge in [-0.2, -0.15) is 0 Å². The summed E-state index contributed by atoms with van der Waals surface area (Å²) in [4.78, 5) is 14.4. The van der Waals surface area contributed by atoms with Crippen LogP contribution in [0.1, 0.15) is 23.5 Å². The van der Waals surface area contributed by atoms with Crippen LogP contribution in [0.2, 0.25) is 5.02 Å². The number of rotatable bonds is 6. The van der Waals surface area contributed by atoms with Gasteiger partial charge in [0.15, 0.2) is 0 Å². The van der Waals surface area contributed by atoms with Gasteiger partial charge in [-0.15, -0.1) is 12.4 Å². The van der Waals surface area contributed by atoms with Crippen LogP contribution < -0.4 is 11.1 Å². The number of nitrogens with one attached hydrogen (secondary N) is 1. The van der Waals surface area contributed by atoms with Crippen LogP contribution >= 0.6 is 24.0 Å². The van der Waals surface area contributed by atoms with Gasteiger partial charge in [-0.05, 0) is 17.2 Å². The number of hydrogen-bond acceptors (Lipinski definition) is 3. The predicted octanol–water partition coefficient (Wildman–Crippen LogP) is 3.19. The first-order chi connectivity index (χ1) is 12.1. The van der Waals surface area contributed by atoms with E-state index in [2.05, 4.69) is 22.3 Å². The molecule has 2 aromatic carbocycles. The van der Waals surface area contributed by atoms with Gasteiger partial charge >= 0.3 is 0 Å². The van der Waals surface area contributed by atoms with Crippen molar-refractivity contribution >= 4 is 29.9 Å². The number of nitrogens with zero attached hydrogens (tertiary/aromatic N) is 1. The molecule has 1 amide bonds. The Bertz CT molecular complexity index is 711. The van der Waals surface area contributed by atoms with Gasteiger partial charge in [-0.3, -0.25) is 4.79 Å². The number of carbonyl (C=O) groups is 1. The molecule has 4 nitrogen and oxygen atoms in total. The quantitative estimate of drug-likeness (QED) is 0.791. The molecule has 26 heavy (non-hydrogen) atoms. The lowest BCUT2D eigenvalue weighted by molar-refractivity contribution is -0.121. The van der Waals surface area contributed by atoms with Crippen LogP contribution in [0.4, 0.5) is 0 Å². The lowest BCUT2D eigenvalue weighted by Crippen LogP contribution is -2.31. The van der Waals surface area contributed by atoms with Crippen LogP contribution in [0.5, 0.6) is 0 Å². The van der Waals surface area contributed by atoms with Crippen molar-refractivity contribution in [3.05, 3.63) is 70.7 Å². The Morgan fingerprint density at radius 1 is 1.12 bits per heavy atom. The summed E-state index contributed by atoms with van der Waals surface area (Å²) in [5.74, 6) is 0.379. The van der Waals surface area contributed by atoms with E-state index in [1.165, 1.54) is 5.56 Å². The number of hydrogen-bond donors (Lipinski definition) is 2. The first-order valence-corrected chi connectivity index (χ1v) is 9.04. The second kappa shape index (κ2) is 9.93. The minimum atomic E-state index is 0. The molecule has 1 aliphatic heterocycles. The highest BCUT2D eigenvalue weighted by molar-refractivity contribution is 6.31. The number of likely N-dealkylation sites (tertiary alicyclic amines) is 1. The van der Waals surface area contributed by atoms with Crippen molar-refractivity contribution in [3.63, 3.8) is 0 Å². The van der Waals surface area contributed by atoms with E-state index in [0.29, 0.717) is 23.9 Å². The Kier molecular flexibility index (Phi) is 7.91. The molecule has 0 spiro atoms. The average Bonchev–Trinajstić information content (AvgIpc) is 3.01. The van der Waals surface area contributed by atoms with Crippen LogP contribution in [-0.2, 0) is 11.3 Å². The molecular weight excluding hydrogens is 369 g/mol. The van der Waals surface area contributed by atoms with E-state index in [4.69, 9.17) is 17.3 Å².